The Hall–Kier alpha value is -1.67. The Morgan fingerprint density at radius 2 is 2.07 bits per heavy atom. The Bertz CT molecular complexity index is 474. The molecule has 1 amide bonds. The number of anilines is 1. The van der Waals surface area contributed by atoms with E-state index in [-0.39, 0.29) is 11.3 Å². The summed E-state index contributed by atoms with van der Waals surface area (Å²) in [6.45, 7) is 0. The summed E-state index contributed by atoms with van der Waals surface area (Å²) in [4.78, 5) is 11.0. The lowest BCUT2D eigenvalue weighted by atomic mass is 10.2. The average Bonchev–Trinajstić information content (AvgIpc) is 2.14. The lowest BCUT2D eigenvalue weighted by Crippen LogP contribution is -2.29. The van der Waals surface area contributed by atoms with Gasteiger partial charge in [0.05, 0.1) is 5.69 Å². The quantitative estimate of drug-likeness (QED) is 0.294. The summed E-state index contributed by atoms with van der Waals surface area (Å²) in [7, 11) is -4.84. The second kappa shape index (κ2) is 4.24. The van der Waals surface area contributed by atoms with E-state index in [1.54, 1.807) is 4.72 Å². The molecule has 0 atom stereocenters. The molecule has 1 rings (SSSR count). The van der Waals surface area contributed by atoms with Gasteiger partial charge in [0, 0.05) is 5.56 Å². The summed E-state index contributed by atoms with van der Waals surface area (Å²) in [5.74, 6) is 4.27. The van der Waals surface area contributed by atoms with Crippen LogP contribution in [-0.4, -0.2) is 14.3 Å². The van der Waals surface area contributed by atoms with E-state index in [4.69, 9.17) is 5.84 Å². The number of nitrogen functional groups attached to an aromatic ring is 1. The first-order chi connectivity index (χ1) is 6.92. The summed E-state index contributed by atoms with van der Waals surface area (Å²) in [5, 5.41) is 0. The average molecular weight is 233 g/mol. The zero-order valence-electron chi connectivity index (χ0n) is 7.40. The number of benzene rings is 1. The minimum atomic E-state index is -4.84. The number of hydrogen-bond acceptors (Lipinski definition) is 4. The number of carbonyl (C=O) groups excluding carboxylic acids is 1. The minimum Gasteiger partial charge on any atom is -0.290 e. The van der Waals surface area contributed by atoms with Crippen LogP contribution >= 0.6 is 0 Å². The Labute approximate surface area is 85.6 Å². The molecule has 15 heavy (non-hydrogen) atoms. The standard InChI is InChI=1S/C7H8FN3O3S/c8-15(13,14)11-6-3-1-2-5(4-6)7(12)10-9/h1-4,11H,9H2,(H,10,12). The number of hydrogen-bond donors (Lipinski definition) is 3. The highest BCUT2D eigenvalue weighted by molar-refractivity contribution is 7.87. The highest BCUT2D eigenvalue weighted by Gasteiger charge is 2.08. The van der Waals surface area contributed by atoms with Crippen LogP contribution in [0.3, 0.4) is 0 Å². The Morgan fingerprint density at radius 3 is 2.60 bits per heavy atom. The second-order valence-corrected chi connectivity index (χ2v) is 3.67. The highest BCUT2D eigenvalue weighted by atomic mass is 32.3. The van der Waals surface area contributed by atoms with Crippen molar-refractivity contribution in [1.29, 1.82) is 0 Å². The maximum absolute atomic E-state index is 12.2. The molecule has 0 saturated heterocycles. The summed E-state index contributed by atoms with van der Waals surface area (Å²) in [6.07, 6.45) is 0. The molecule has 0 fully saturated rings. The third kappa shape index (κ3) is 3.52. The van der Waals surface area contributed by atoms with Crippen molar-refractivity contribution >= 4 is 22.0 Å². The molecule has 1 aromatic carbocycles. The number of halogens is 1. The van der Waals surface area contributed by atoms with Gasteiger partial charge in [0.15, 0.2) is 0 Å². The van der Waals surface area contributed by atoms with Crippen molar-refractivity contribution < 1.29 is 17.1 Å². The molecule has 0 aliphatic rings. The van der Waals surface area contributed by atoms with Crippen LogP contribution < -0.4 is 16.0 Å². The normalized spacial score (nSPS) is 10.8. The molecule has 0 radical (unpaired) electrons. The van der Waals surface area contributed by atoms with E-state index >= 15 is 0 Å². The van der Waals surface area contributed by atoms with Gasteiger partial charge in [-0.05, 0) is 18.2 Å². The fourth-order valence-corrected chi connectivity index (χ4v) is 1.36. The topological polar surface area (TPSA) is 101 Å². The molecule has 0 aliphatic heterocycles. The summed E-state index contributed by atoms with van der Waals surface area (Å²) in [5.41, 5.74) is 1.92. The van der Waals surface area contributed by atoms with Crippen LogP contribution in [0.2, 0.25) is 0 Å². The molecule has 82 valence electrons. The number of hydrazine groups is 1. The molecule has 4 N–H and O–H groups in total. The molecule has 0 saturated carbocycles. The molecule has 0 unspecified atom stereocenters. The summed E-state index contributed by atoms with van der Waals surface area (Å²) < 4.78 is 34.3. The Morgan fingerprint density at radius 1 is 1.40 bits per heavy atom. The van der Waals surface area contributed by atoms with Gasteiger partial charge in [-0.2, -0.15) is 8.42 Å². The van der Waals surface area contributed by atoms with Crippen molar-refractivity contribution in [3.8, 4) is 0 Å². The smallest absolute Gasteiger partial charge is 0.290 e. The van der Waals surface area contributed by atoms with Crippen LogP contribution in [0.1, 0.15) is 10.4 Å². The molecule has 6 nitrogen and oxygen atoms in total. The van der Waals surface area contributed by atoms with Gasteiger partial charge in [0.2, 0.25) is 0 Å². The lowest BCUT2D eigenvalue weighted by Gasteiger charge is -2.03. The molecular weight excluding hydrogens is 225 g/mol. The molecular formula is C7H8FN3O3S. The van der Waals surface area contributed by atoms with Crippen molar-refractivity contribution in [2.45, 2.75) is 0 Å². The van der Waals surface area contributed by atoms with Crippen LogP contribution in [0.25, 0.3) is 0 Å². The van der Waals surface area contributed by atoms with E-state index in [0.717, 1.165) is 6.07 Å². The van der Waals surface area contributed by atoms with Crippen molar-refractivity contribution in [2.24, 2.45) is 5.84 Å². The first-order valence-corrected chi connectivity index (χ1v) is 5.14. The second-order valence-electron chi connectivity index (χ2n) is 2.59. The Kier molecular flexibility index (Phi) is 3.22. The van der Waals surface area contributed by atoms with Gasteiger partial charge in [-0.3, -0.25) is 14.9 Å². The van der Waals surface area contributed by atoms with Crippen LogP contribution in [0.15, 0.2) is 24.3 Å². The Balaban J connectivity index is 2.98. The van der Waals surface area contributed by atoms with Gasteiger partial charge in [0.25, 0.3) is 5.91 Å². The van der Waals surface area contributed by atoms with E-state index < -0.39 is 16.3 Å². The monoisotopic (exact) mass is 233 g/mol. The van der Waals surface area contributed by atoms with E-state index in [2.05, 4.69) is 0 Å². The van der Waals surface area contributed by atoms with Crippen molar-refractivity contribution in [2.75, 3.05) is 4.72 Å². The third-order valence-corrected chi connectivity index (χ3v) is 1.98. The van der Waals surface area contributed by atoms with Gasteiger partial charge in [0.1, 0.15) is 0 Å². The van der Waals surface area contributed by atoms with Crippen molar-refractivity contribution in [3.05, 3.63) is 29.8 Å². The third-order valence-electron chi connectivity index (χ3n) is 1.50. The molecule has 0 aliphatic carbocycles. The zero-order chi connectivity index (χ0) is 11.5. The van der Waals surface area contributed by atoms with Gasteiger partial charge in [-0.25, -0.2) is 5.84 Å². The minimum absolute atomic E-state index is 0.0569. The molecule has 0 aromatic heterocycles. The zero-order valence-corrected chi connectivity index (χ0v) is 8.21. The molecule has 1 aromatic rings. The SMILES string of the molecule is NNC(=O)c1cccc(NS(=O)(=O)F)c1. The highest BCUT2D eigenvalue weighted by Crippen LogP contribution is 2.12. The number of amides is 1. The molecule has 0 spiro atoms. The van der Waals surface area contributed by atoms with Crippen molar-refractivity contribution in [1.82, 2.24) is 5.43 Å². The predicted molar refractivity (Wildman–Crippen MR) is 51.7 cm³/mol. The number of nitrogens with one attached hydrogen (secondary N) is 2. The van der Waals surface area contributed by atoms with Gasteiger partial charge in [-0.15, -0.1) is 0 Å². The van der Waals surface area contributed by atoms with Crippen LogP contribution in [0, 0.1) is 0 Å². The van der Waals surface area contributed by atoms with E-state index in [1.807, 2.05) is 5.43 Å². The van der Waals surface area contributed by atoms with E-state index in [9.17, 15) is 17.1 Å². The molecule has 8 heteroatoms. The van der Waals surface area contributed by atoms with Crippen LogP contribution in [0.4, 0.5) is 9.57 Å². The summed E-state index contributed by atoms with van der Waals surface area (Å²) >= 11 is 0. The maximum Gasteiger partial charge on any atom is 0.396 e. The van der Waals surface area contributed by atoms with Gasteiger partial charge >= 0.3 is 10.4 Å². The lowest BCUT2D eigenvalue weighted by molar-refractivity contribution is 0.0953. The predicted octanol–water partition coefficient (Wildman–Crippen LogP) is -0.0837. The maximum atomic E-state index is 12.2. The van der Waals surface area contributed by atoms with Crippen molar-refractivity contribution in [3.63, 3.8) is 0 Å². The molecule has 0 bridgehead atoms. The number of rotatable bonds is 3. The number of nitrogens with two attached hydrogens (primary N) is 1. The summed E-state index contributed by atoms with van der Waals surface area (Å²) in [6, 6.07) is 5.24. The number of carbonyl (C=O) groups is 1. The van der Waals surface area contributed by atoms with E-state index in [0.29, 0.717) is 0 Å². The molecule has 0 heterocycles. The van der Waals surface area contributed by atoms with Gasteiger partial charge in [-0.1, -0.05) is 9.95 Å². The first kappa shape index (κ1) is 11.4. The first-order valence-electron chi connectivity index (χ1n) is 3.76. The fourth-order valence-electron chi connectivity index (χ4n) is 0.948. The van der Waals surface area contributed by atoms with Crippen LogP contribution in [-0.2, 0) is 10.4 Å². The van der Waals surface area contributed by atoms with Crippen LogP contribution in [0.5, 0.6) is 0 Å². The van der Waals surface area contributed by atoms with E-state index in [1.165, 1.54) is 18.2 Å². The largest absolute Gasteiger partial charge is 0.396 e. The van der Waals surface area contributed by atoms with Gasteiger partial charge < -0.3 is 0 Å². The fraction of sp³-hybridized carbons (Fsp3) is 0.